The van der Waals surface area contributed by atoms with Crippen LogP contribution in [-0.2, 0) is 7.05 Å². The second-order valence-electron chi connectivity index (χ2n) is 6.10. The van der Waals surface area contributed by atoms with Crippen molar-refractivity contribution >= 4 is 51.3 Å². The molecule has 4 rings (SSSR count). The van der Waals surface area contributed by atoms with E-state index in [1.807, 2.05) is 48.1 Å². The number of imidazole rings is 1. The quantitative estimate of drug-likeness (QED) is 0.465. The van der Waals surface area contributed by atoms with Crippen molar-refractivity contribution in [3.63, 3.8) is 0 Å². The fourth-order valence-electron chi connectivity index (χ4n) is 2.82. The van der Waals surface area contributed by atoms with Gasteiger partial charge in [0.15, 0.2) is 5.16 Å². The minimum Gasteiger partial charge on any atom is -0.397 e. The Hall–Kier alpha value is -3.21. The lowest BCUT2D eigenvalue weighted by Crippen LogP contribution is -1.99. The number of nitrogens with one attached hydrogen (secondary N) is 1. The molecular formula is C20H15ClN6S. The van der Waals surface area contributed by atoms with Gasteiger partial charge in [-0.3, -0.25) is 4.98 Å². The van der Waals surface area contributed by atoms with Gasteiger partial charge in [-0.2, -0.15) is 5.26 Å². The van der Waals surface area contributed by atoms with Gasteiger partial charge in [-0.25, -0.2) is 4.98 Å². The number of nitriles is 1. The van der Waals surface area contributed by atoms with Crippen LogP contribution in [0.2, 0.25) is 5.02 Å². The van der Waals surface area contributed by atoms with Gasteiger partial charge in [-0.1, -0.05) is 35.5 Å². The van der Waals surface area contributed by atoms with Gasteiger partial charge < -0.3 is 15.6 Å². The zero-order valence-electron chi connectivity index (χ0n) is 14.8. The number of rotatable bonds is 4. The fourth-order valence-corrected chi connectivity index (χ4v) is 3.92. The molecule has 0 unspecified atom stereocenters. The molecule has 8 heteroatoms. The first-order chi connectivity index (χ1) is 13.6. The van der Waals surface area contributed by atoms with Crippen molar-refractivity contribution in [2.24, 2.45) is 7.05 Å². The van der Waals surface area contributed by atoms with Gasteiger partial charge in [0.25, 0.3) is 0 Å². The molecule has 3 N–H and O–H groups in total. The molecule has 138 valence electrons. The van der Waals surface area contributed by atoms with E-state index in [1.54, 1.807) is 12.3 Å². The Morgan fingerprint density at radius 2 is 2.11 bits per heavy atom. The summed E-state index contributed by atoms with van der Waals surface area (Å²) in [6.45, 7) is 0. The standard InChI is InChI=1S/C20H15ClN6S/c1-27-8-7-24-20(27)28-17-6-5-13(9-15(17)21)26-18-12(10-22)11-25-19-14(18)3-2-4-16(19)23/h2-9,11H,23H2,1H3,(H,25,26). The number of anilines is 3. The van der Waals surface area contributed by atoms with E-state index in [4.69, 9.17) is 17.3 Å². The summed E-state index contributed by atoms with van der Waals surface area (Å²) in [6.07, 6.45) is 5.15. The molecule has 0 radical (unpaired) electrons. The second kappa shape index (κ2) is 7.43. The smallest absolute Gasteiger partial charge is 0.172 e. The van der Waals surface area contributed by atoms with Gasteiger partial charge in [0.05, 0.1) is 27.5 Å². The zero-order chi connectivity index (χ0) is 19.7. The first kappa shape index (κ1) is 18.2. The van der Waals surface area contributed by atoms with Crippen LogP contribution in [0.3, 0.4) is 0 Å². The lowest BCUT2D eigenvalue weighted by molar-refractivity contribution is 0.790. The molecule has 0 aliphatic rings. The third-order valence-corrected chi connectivity index (χ3v) is 5.81. The number of halogens is 1. The highest BCUT2D eigenvalue weighted by molar-refractivity contribution is 7.99. The Morgan fingerprint density at radius 1 is 1.25 bits per heavy atom. The van der Waals surface area contributed by atoms with Crippen LogP contribution in [0.4, 0.5) is 17.1 Å². The van der Waals surface area contributed by atoms with Crippen LogP contribution in [0.5, 0.6) is 0 Å². The summed E-state index contributed by atoms with van der Waals surface area (Å²) < 4.78 is 1.93. The number of nitrogen functional groups attached to an aromatic ring is 1. The van der Waals surface area contributed by atoms with Crippen molar-refractivity contribution in [3.8, 4) is 6.07 Å². The van der Waals surface area contributed by atoms with E-state index in [9.17, 15) is 5.26 Å². The molecular weight excluding hydrogens is 392 g/mol. The topological polar surface area (TPSA) is 92.5 Å². The molecule has 2 aromatic carbocycles. The Bertz CT molecular complexity index is 1230. The van der Waals surface area contributed by atoms with E-state index in [0.29, 0.717) is 27.5 Å². The molecule has 0 saturated heterocycles. The van der Waals surface area contributed by atoms with Crippen LogP contribution in [0.1, 0.15) is 5.56 Å². The number of nitrogens with zero attached hydrogens (tertiary/aromatic N) is 4. The van der Waals surface area contributed by atoms with Crippen molar-refractivity contribution in [1.29, 1.82) is 5.26 Å². The summed E-state index contributed by atoms with van der Waals surface area (Å²) in [5, 5.41) is 15.0. The molecule has 0 amide bonds. The lowest BCUT2D eigenvalue weighted by atomic mass is 10.1. The maximum absolute atomic E-state index is 9.49. The first-order valence-corrected chi connectivity index (χ1v) is 9.55. The molecule has 0 aliphatic carbocycles. The second-order valence-corrected chi connectivity index (χ2v) is 7.51. The summed E-state index contributed by atoms with van der Waals surface area (Å²) in [6, 6.07) is 13.3. The molecule has 0 saturated carbocycles. The first-order valence-electron chi connectivity index (χ1n) is 8.36. The number of fused-ring (bicyclic) bond motifs is 1. The summed E-state index contributed by atoms with van der Waals surface area (Å²) in [4.78, 5) is 9.51. The molecule has 4 aromatic rings. The van der Waals surface area contributed by atoms with E-state index in [0.717, 1.165) is 21.1 Å². The van der Waals surface area contributed by atoms with Gasteiger partial charge >= 0.3 is 0 Å². The average Bonchev–Trinajstić information content (AvgIpc) is 3.09. The molecule has 0 bridgehead atoms. The third-order valence-electron chi connectivity index (χ3n) is 4.23. The zero-order valence-corrected chi connectivity index (χ0v) is 16.4. The van der Waals surface area contributed by atoms with Crippen molar-refractivity contribution in [1.82, 2.24) is 14.5 Å². The van der Waals surface area contributed by atoms with Crippen LogP contribution in [0.15, 0.2) is 65.0 Å². The maximum Gasteiger partial charge on any atom is 0.172 e. The molecule has 2 aromatic heterocycles. The van der Waals surface area contributed by atoms with Gasteiger partial charge in [-0.15, -0.1) is 0 Å². The van der Waals surface area contributed by atoms with Gasteiger partial charge in [0.2, 0.25) is 0 Å². The number of para-hydroxylation sites is 1. The maximum atomic E-state index is 9.49. The predicted molar refractivity (Wildman–Crippen MR) is 113 cm³/mol. The number of hydrogen-bond donors (Lipinski definition) is 2. The number of aromatic nitrogens is 3. The van der Waals surface area contributed by atoms with E-state index in [-0.39, 0.29) is 0 Å². The molecule has 0 spiro atoms. The molecule has 0 fully saturated rings. The van der Waals surface area contributed by atoms with Crippen LogP contribution < -0.4 is 11.1 Å². The molecule has 0 aliphatic heterocycles. The Kier molecular flexibility index (Phi) is 4.82. The van der Waals surface area contributed by atoms with Crippen LogP contribution in [0, 0.1) is 11.3 Å². The summed E-state index contributed by atoms with van der Waals surface area (Å²) in [5.74, 6) is 0. The summed E-state index contributed by atoms with van der Waals surface area (Å²) >= 11 is 7.97. The molecule has 28 heavy (non-hydrogen) atoms. The predicted octanol–water partition coefficient (Wildman–Crippen LogP) is 4.97. The highest BCUT2D eigenvalue weighted by atomic mass is 35.5. The van der Waals surface area contributed by atoms with Gasteiger partial charge in [0, 0.05) is 41.6 Å². The normalized spacial score (nSPS) is 10.8. The number of benzene rings is 2. The Labute approximate surface area is 171 Å². The lowest BCUT2D eigenvalue weighted by Gasteiger charge is -2.13. The SMILES string of the molecule is Cn1ccnc1Sc1ccc(Nc2c(C#N)cnc3c(N)cccc23)cc1Cl. The van der Waals surface area contributed by atoms with Gasteiger partial charge in [0.1, 0.15) is 6.07 Å². The average molecular weight is 407 g/mol. The summed E-state index contributed by atoms with van der Waals surface area (Å²) in [5.41, 5.74) is 9.08. The van der Waals surface area contributed by atoms with E-state index >= 15 is 0 Å². The van der Waals surface area contributed by atoms with Crippen LogP contribution >= 0.6 is 23.4 Å². The van der Waals surface area contributed by atoms with Crippen molar-refractivity contribution in [2.75, 3.05) is 11.1 Å². The number of nitrogens with two attached hydrogens (primary N) is 1. The van der Waals surface area contributed by atoms with Crippen molar-refractivity contribution < 1.29 is 0 Å². The van der Waals surface area contributed by atoms with E-state index < -0.39 is 0 Å². The molecule has 0 atom stereocenters. The van der Waals surface area contributed by atoms with Crippen LogP contribution in [-0.4, -0.2) is 14.5 Å². The minimum atomic E-state index is 0.431. The third kappa shape index (κ3) is 3.36. The fraction of sp³-hybridized carbons (Fsp3) is 0.0500. The monoisotopic (exact) mass is 406 g/mol. The highest BCUT2D eigenvalue weighted by Crippen LogP contribution is 2.36. The largest absolute Gasteiger partial charge is 0.397 e. The van der Waals surface area contributed by atoms with Gasteiger partial charge in [-0.05, 0) is 24.3 Å². The van der Waals surface area contributed by atoms with E-state index in [1.165, 1.54) is 18.0 Å². The minimum absolute atomic E-state index is 0.431. The van der Waals surface area contributed by atoms with Crippen LogP contribution in [0.25, 0.3) is 10.9 Å². The Morgan fingerprint density at radius 3 is 2.82 bits per heavy atom. The number of hydrogen-bond acceptors (Lipinski definition) is 6. The molecule has 6 nitrogen and oxygen atoms in total. The summed E-state index contributed by atoms with van der Waals surface area (Å²) in [7, 11) is 1.93. The van der Waals surface area contributed by atoms with E-state index in [2.05, 4.69) is 21.4 Å². The highest BCUT2D eigenvalue weighted by Gasteiger charge is 2.12. The molecule has 2 heterocycles. The van der Waals surface area contributed by atoms with Crippen molar-refractivity contribution in [3.05, 3.63) is 65.6 Å². The Balaban J connectivity index is 1.70. The number of pyridine rings is 1. The number of aryl methyl sites for hydroxylation is 1. The van der Waals surface area contributed by atoms with Crippen molar-refractivity contribution in [2.45, 2.75) is 10.1 Å².